The van der Waals surface area contributed by atoms with Gasteiger partial charge < -0.3 is 54.8 Å². The number of carboxylic acid groups (broad SMARTS) is 1. The average molecular weight is 669 g/mol. The van der Waals surface area contributed by atoms with E-state index in [0.29, 0.717) is 35.1 Å². The summed E-state index contributed by atoms with van der Waals surface area (Å²) in [4.78, 5) is 60.5. The van der Waals surface area contributed by atoms with Crippen LogP contribution in [0, 0.1) is 13.8 Å². The van der Waals surface area contributed by atoms with Crippen molar-refractivity contribution in [3.05, 3.63) is 64.7 Å². The molecule has 0 aliphatic rings. The van der Waals surface area contributed by atoms with Gasteiger partial charge in [0.2, 0.25) is 17.7 Å². The number of amides is 3. The molecule has 16 heteroatoms. The zero-order valence-electron chi connectivity index (χ0n) is 27.3. The number of guanidine groups is 2. The van der Waals surface area contributed by atoms with Crippen molar-refractivity contribution in [2.24, 2.45) is 38.7 Å². The molecule has 15 N–H and O–H groups in total. The summed E-state index contributed by atoms with van der Waals surface area (Å²) in [5.41, 5.74) is 30.2. The first-order valence-electron chi connectivity index (χ1n) is 15.5. The first-order chi connectivity index (χ1) is 22.7. The van der Waals surface area contributed by atoms with Gasteiger partial charge in [-0.2, -0.15) is 0 Å². The second-order valence-electron chi connectivity index (χ2n) is 11.5. The van der Waals surface area contributed by atoms with Gasteiger partial charge in [0.25, 0.3) is 0 Å². The summed E-state index contributed by atoms with van der Waals surface area (Å²) >= 11 is 0. The van der Waals surface area contributed by atoms with Gasteiger partial charge in [0.15, 0.2) is 11.9 Å². The number of aliphatic imine (C=N–C) groups is 2. The summed E-state index contributed by atoms with van der Waals surface area (Å²) in [6.07, 6.45) is 0.993. The van der Waals surface area contributed by atoms with Gasteiger partial charge in [-0.1, -0.05) is 30.3 Å². The van der Waals surface area contributed by atoms with Crippen LogP contribution in [0.1, 0.15) is 47.9 Å². The Labute approximate surface area is 279 Å². The molecule has 16 nitrogen and oxygen atoms in total. The van der Waals surface area contributed by atoms with Gasteiger partial charge in [-0.15, -0.1) is 0 Å². The molecule has 2 aromatic carbocycles. The summed E-state index contributed by atoms with van der Waals surface area (Å²) < 4.78 is 0. The quantitative estimate of drug-likeness (QED) is 0.0480. The molecule has 0 saturated heterocycles. The number of carboxylic acids is 1. The van der Waals surface area contributed by atoms with E-state index in [-0.39, 0.29) is 56.4 Å². The van der Waals surface area contributed by atoms with Crippen molar-refractivity contribution < 1.29 is 29.4 Å². The normalized spacial score (nSPS) is 13.2. The Kier molecular flexibility index (Phi) is 15.6. The fourth-order valence-electron chi connectivity index (χ4n) is 5.00. The van der Waals surface area contributed by atoms with E-state index in [1.165, 1.54) is 12.1 Å². The number of nitrogens with one attached hydrogen (secondary N) is 3. The number of phenols is 1. The second-order valence-corrected chi connectivity index (χ2v) is 11.5. The van der Waals surface area contributed by atoms with Crippen molar-refractivity contribution in [1.82, 2.24) is 16.0 Å². The van der Waals surface area contributed by atoms with Crippen LogP contribution in [0.4, 0.5) is 0 Å². The molecule has 0 fully saturated rings. The van der Waals surface area contributed by atoms with Crippen molar-refractivity contribution >= 4 is 35.6 Å². The summed E-state index contributed by atoms with van der Waals surface area (Å²) in [6.45, 7) is 3.92. The maximum atomic E-state index is 13.8. The number of hydrogen-bond acceptors (Lipinski definition) is 8. The van der Waals surface area contributed by atoms with E-state index in [2.05, 4.69) is 25.9 Å². The maximum Gasteiger partial charge on any atom is 0.326 e. The minimum absolute atomic E-state index is 0.00436. The van der Waals surface area contributed by atoms with Gasteiger partial charge in [-0.05, 0) is 73.9 Å². The van der Waals surface area contributed by atoms with E-state index in [9.17, 15) is 29.4 Å². The molecule has 0 saturated carbocycles. The van der Waals surface area contributed by atoms with Crippen LogP contribution >= 0.6 is 0 Å². The van der Waals surface area contributed by atoms with E-state index in [1.807, 2.05) is 0 Å². The largest absolute Gasteiger partial charge is 0.508 e. The highest BCUT2D eigenvalue weighted by atomic mass is 16.4. The highest BCUT2D eigenvalue weighted by Crippen LogP contribution is 2.22. The summed E-state index contributed by atoms with van der Waals surface area (Å²) in [6, 6.07) is 7.15. The molecule has 0 aromatic heterocycles. The molecule has 0 unspecified atom stereocenters. The van der Waals surface area contributed by atoms with Crippen LogP contribution in [0.15, 0.2) is 52.4 Å². The zero-order chi connectivity index (χ0) is 35.8. The molecule has 262 valence electrons. The second kappa shape index (κ2) is 19.3. The number of benzene rings is 2. The average Bonchev–Trinajstić information content (AvgIpc) is 3.01. The van der Waals surface area contributed by atoms with E-state index in [4.69, 9.17) is 28.7 Å². The first kappa shape index (κ1) is 38.8. The minimum Gasteiger partial charge on any atom is -0.508 e. The molecule has 48 heavy (non-hydrogen) atoms. The van der Waals surface area contributed by atoms with E-state index in [0.717, 1.165) is 0 Å². The van der Waals surface area contributed by atoms with Crippen LogP contribution in [-0.4, -0.2) is 83.1 Å². The van der Waals surface area contributed by atoms with Crippen molar-refractivity contribution in [2.75, 3.05) is 13.1 Å². The molecule has 2 aromatic rings. The Hall–Kier alpha value is -5.38. The van der Waals surface area contributed by atoms with E-state index < -0.39 is 47.9 Å². The number of rotatable bonds is 19. The number of hydrogen-bond donors (Lipinski definition) is 10. The van der Waals surface area contributed by atoms with E-state index in [1.54, 1.807) is 44.2 Å². The Balaban J connectivity index is 2.35. The molecule has 3 amide bonds. The smallest absolute Gasteiger partial charge is 0.326 e. The lowest BCUT2D eigenvalue weighted by Crippen LogP contribution is -2.58. The molecule has 0 bridgehead atoms. The van der Waals surface area contributed by atoms with Gasteiger partial charge >= 0.3 is 5.97 Å². The molecule has 0 aliphatic heterocycles. The molecule has 0 aliphatic carbocycles. The maximum absolute atomic E-state index is 13.8. The number of carbonyl (C=O) groups is 4. The molecule has 2 rings (SSSR count). The molecule has 0 heterocycles. The number of carbonyl (C=O) groups excluding carboxylic acids is 3. The van der Waals surface area contributed by atoms with Gasteiger partial charge in [-0.3, -0.25) is 24.4 Å². The first-order valence-corrected chi connectivity index (χ1v) is 15.5. The number of aliphatic carboxylic acids is 1. The lowest BCUT2D eigenvalue weighted by Gasteiger charge is -2.26. The third-order valence-corrected chi connectivity index (χ3v) is 7.50. The number of nitrogens with two attached hydrogens (primary N) is 5. The van der Waals surface area contributed by atoms with Crippen molar-refractivity contribution in [3.8, 4) is 5.75 Å². The number of nitrogens with zero attached hydrogens (tertiary/aromatic N) is 2. The highest BCUT2D eigenvalue weighted by Gasteiger charge is 2.31. The molecule has 0 radical (unpaired) electrons. The SMILES string of the molecule is Cc1cc(O)cc(C)c1C[C@H](NC(=O)[C@H](CCCN=C(N)N)NC(=O)[C@@H](N)CCCN=C(N)N)C(=O)N[C@@H](Cc1ccccc1)C(=O)O. The topological polar surface area (TPSA) is 300 Å². The van der Waals surface area contributed by atoms with Crippen LogP contribution in [0.25, 0.3) is 0 Å². The van der Waals surface area contributed by atoms with Crippen LogP contribution < -0.4 is 44.6 Å². The Morgan fingerprint density at radius 2 is 1.23 bits per heavy atom. The predicted octanol–water partition coefficient (Wildman–Crippen LogP) is -1.23. The van der Waals surface area contributed by atoms with Crippen LogP contribution in [0.3, 0.4) is 0 Å². The lowest BCUT2D eigenvalue weighted by molar-refractivity contribution is -0.142. The Bertz CT molecular complexity index is 1440. The van der Waals surface area contributed by atoms with Gasteiger partial charge in [0.1, 0.15) is 23.9 Å². The third-order valence-electron chi connectivity index (χ3n) is 7.50. The van der Waals surface area contributed by atoms with Crippen LogP contribution in [0.5, 0.6) is 5.75 Å². The number of aromatic hydroxyl groups is 1. The number of aryl methyl sites for hydroxylation is 2. The highest BCUT2D eigenvalue weighted by molar-refractivity contribution is 5.94. The van der Waals surface area contributed by atoms with Crippen LogP contribution in [0.2, 0.25) is 0 Å². The standard InChI is InChI=1S/C32H48N10O6/c1-18-14-21(43)15-19(2)22(18)17-25(29(46)42-26(30(47)48)16-20-8-4-3-5-9-20)41-28(45)24(11-7-13-39-32(36)37)40-27(44)23(33)10-6-12-38-31(34)35/h3-5,8-9,14-15,23-26,43H,6-7,10-13,16-17,33H2,1-2H3,(H,40,44)(H,41,45)(H,42,46)(H,47,48)(H4,34,35,38)(H4,36,37,39)/t23-,24-,25-,26-/m0/s1. The van der Waals surface area contributed by atoms with Gasteiger partial charge in [0.05, 0.1) is 6.04 Å². The zero-order valence-corrected chi connectivity index (χ0v) is 27.3. The monoisotopic (exact) mass is 668 g/mol. The van der Waals surface area contributed by atoms with Gasteiger partial charge in [-0.25, -0.2) is 4.79 Å². The summed E-state index contributed by atoms with van der Waals surface area (Å²) in [5, 5.41) is 27.9. The molecular weight excluding hydrogens is 620 g/mol. The van der Waals surface area contributed by atoms with Gasteiger partial charge in [0, 0.05) is 25.9 Å². The summed E-state index contributed by atoms with van der Waals surface area (Å²) in [7, 11) is 0. The lowest BCUT2D eigenvalue weighted by atomic mass is 9.95. The van der Waals surface area contributed by atoms with Crippen molar-refractivity contribution in [1.29, 1.82) is 0 Å². The Morgan fingerprint density at radius 3 is 1.77 bits per heavy atom. The Morgan fingerprint density at radius 1 is 0.729 bits per heavy atom. The molecule has 4 atom stereocenters. The van der Waals surface area contributed by atoms with Crippen LogP contribution in [-0.2, 0) is 32.0 Å². The van der Waals surface area contributed by atoms with E-state index >= 15 is 0 Å². The molecule has 0 spiro atoms. The van der Waals surface area contributed by atoms with Crippen molar-refractivity contribution in [2.45, 2.75) is 76.5 Å². The van der Waals surface area contributed by atoms with Crippen molar-refractivity contribution in [3.63, 3.8) is 0 Å². The number of phenolic OH excluding ortho intramolecular Hbond substituents is 1. The summed E-state index contributed by atoms with van der Waals surface area (Å²) in [5.74, 6) is -3.51. The predicted molar refractivity (Wildman–Crippen MR) is 183 cm³/mol. The fourth-order valence-corrected chi connectivity index (χ4v) is 5.00. The fraction of sp³-hybridized carbons (Fsp3) is 0.438. The minimum atomic E-state index is -1.30. The molecular formula is C32H48N10O6. The third kappa shape index (κ3) is 13.5.